The first-order chi connectivity index (χ1) is 9.51. The van der Waals surface area contributed by atoms with Crippen LogP contribution in [0.15, 0.2) is 24.3 Å². The van der Waals surface area contributed by atoms with Gasteiger partial charge in [-0.15, -0.1) is 0 Å². The Morgan fingerprint density at radius 3 is 2.90 bits per heavy atom. The first-order valence-electron chi connectivity index (χ1n) is 7.15. The van der Waals surface area contributed by atoms with Gasteiger partial charge in [-0.1, -0.05) is 13.0 Å². The summed E-state index contributed by atoms with van der Waals surface area (Å²) in [6.45, 7) is 2.09. The Bertz CT molecular complexity index is 647. The van der Waals surface area contributed by atoms with Crippen LogP contribution in [0.1, 0.15) is 35.9 Å². The lowest BCUT2D eigenvalue weighted by atomic mass is 9.90. The molecule has 1 aliphatic carbocycles. The van der Waals surface area contributed by atoms with Gasteiger partial charge in [0.15, 0.2) is 0 Å². The lowest BCUT2D eigenvalue weighted by molar-refractivity contribution is 0.0371. The minimum Gasteiger partial charge on any atom is -0.399 e. The number of nitrogen functional groups attached to an aromatic ring is 1. The van der Waals surface area contributed by atoms with Gasteiger partial charge in [0.2, 0.25) is 0 Å². The molecule has 1 aromatic heterocycles. The van der Waals surface area contributed by atoms with E-state index in [-0.39, 0.29) is 0 Å². The predicted octanol–water partition coefficient (Wildman–Crippen LogP) is 1.94. The summed E-state index contributed by atoms with van der Waals surface area (Å²) in [4.78, 5) is 0. The zero-order valence-corrected chi connectivity index (χ0v) is 12.1. The van der Waals surface area contributed by atoms with E-state index in [1.807, 2.05) is 29.9 Å². The van der Waals surface area contributed by atoms with E-state index < -0.39 is 5.60 Å². The van der Waals surface area contributed by atoms with Crippen molar-refractivity contribution in [3.8, 4) is 0 Å². The van der Waals surface area contributed by atoms with Crippen molar-refractivity contribution in [3.63, 3.8) is 0 Å². The molecule has 1 atom stereocenters. The van der Waals surface area contributed by atoms with Crippen molar-refractivity contribution in [2.45, 2.75) is 38.2 Å². The van der Waals surface area contributed by atoms with Crippen molar-refractivity contribution >= 4 is 5.69 Å². The minimum atomic E-state index is -0.790. The van der Waals surface area contributed by atoms with E-state index in [4.69, 9.17) is 5.73 Å². The Hall–Kier alpha value is -1.81. The van der Waals surface area contributed by atoms with Gasteiger partial charge < -0.3 is 10.8 Å². The Labute approximate surface area is 119 Å². The zero-order valence-electron chi connectivity index (χ0n) is 12.1. The topological polar surface area (TPSA) is 64.1 Å². The van der Waals surface area contributed by atoms with Crippen molar-refractivity contribution < 1.29 is 5.11 Å². The maximum Gasteiger partial charge on any atom is 0.0957 e. The molecule has 4 nitrogen and oxygen atoms in total. The predicted molar refractivity (Wildman–Crippen MR) is 79.4 cm³/mol. The Morgan fingerprint density at radius 1 is 1.40 bits per heavy atom. The number of aromatic nitrogens is 2. The number of rotatable bonds is 3. The molecule has 1 aromatic carbocycles. The molecule has 0 saturated heterocycles. The molecule has 0 aliphatic heterocycles. The molecule has 20 heavy (non-hydrogen) atoms. The smallest absolute Gasteiger partial charge is 0.0957 e. The number of nitrogens with two attached hydrogens (primary N) is 1. The highest BCUT2D eigenvalue weighted by molar-refractivity contribution is 5.49. The van der Waals surface area contributed by atoms with E-state index in [9.17, 15) is 5.11 Å². The first-order valence-corrected chi connectivity index (χ1v) is 7.15. The van der Waals surface area contributed by atoms with Gasteiger partial charge in [-0.2, -0.15) is 5.10 Å². The summed E-state index contributed by atoms with van der Waals surface area (Å²) in [7, 11) is 1.94. The second-order valence-electron chi connectivity index (χ2n) is 5.73. The van der Waals surface area contributed by atoms with Gasteiger partial charge >= 0.3 is 0 Å². The fraction of sp³-hybridized carbons (Fsp3) is 0.438. The normalized spacial score (nSPS) is 21.1. The molecule has 0 bridgehead atoms. The van der Waals surface area contributed by atoms with Gasteiger partial charge in [-0.25, -0.2) is 0 Å². The summed E-state index contributed by atoms with van der Waals surface area (Å²) < 4.78 is 1.88. The number of anilines is 1. The number of hydrogen-bond donors (Lipinski definition) is 2. The van der Waals surface area contributed by atoms with Crippen LogP contribution >= 0.6 is 0 Å². The van der Waals surface area contributed by atoms with Crippen LogP contribution in [0.5, 0.6) is 0 Å². The van der Waals surface area contributed by atoms with E-state index in [2.05, 4.69) is 18.1 Å². The number of aryl methyl sites for hydroxylation is 3. The molecule has 3 N–H and O–H groups in total. The molecule has 106 valence electrons. The third-order valence-corrected chi connectivity index (χ3v) is 4.30. The highest BCUT2D eigenvalue weighted by atomic mass is 16.3. The van der Waals surface area contributed by atoms with E-state index >= 15 is 0 Å². The van der Waals surface area contributed by atoms with E-state index in [0.717, 1.165) is 41.9 Å². The average Bonchev–Trinajstić information content (AvgIpc) is 2.92. The van der Waals surface area contributed by atoms with Crippen molar-refractivity contribution in [1.82, 2.24) is 9.78 Å². The summed E-state index contributed by atoms with van der Waals surface area (Å²) in [5.41, 5.74) is 10.1. The quantitative estimate of drug-likeness (QED) is 0.839. The van der Waals surface area contributed by atoms with Crippen LogP contribution in [0.25, 0.3) is 0 Å². The number of fused-ring (bicyclic) bond motifs is 1. The highest BCUT2D eigenvalue weighted by Gasteiger charge is 2.37. The average molecular weight is 271 g/mol. The van der Waals surface area contributed by atoms with Gasteiger partial charge in [0, 0.05) is 24.8 Å². The second-order valence-corrected chi connectivity index (χ2v) is 5.73. The number of benzene rings is 1. The number of hydrogen-bond acceptors (Lipinski definition) is 3. The third kappa shape index (κ3) is 2.10. The maximum atomic E-state index is 11.0. The Kier molecular flexibility index (Phi) is 3.05. The maximum absolute atomic E-state index is 11.0. The molecule has 1 unspecified atom stereocenters. The Morgan fingerprint density at radius 2 is 2.20 bits per heavy atom. The second kappa shape index (κ2) is 4.63. The lowest BCUT2D eigenvalue weighted by Gasteiger charge is -2.24. The first kappa shape index (κ1) is 13.2. The van der Waals surface area contributed by atoms with Crippen LogP contribution in [0.2, 0.25) is 0 Å². The third-order valence-electron chi connectivity index (χ3n) is 4.30. The van der Waals surface area contributed by atoms with Crippen molar-refractivity contribution in [1.29, 1.82) is 0 Å². The molecule has 1 aliphatic rings. The van der Waals surface area contributed by atoms with E-state index in [0.29, 0.717) is 6.42 Å². The van der Waals surface area contributed by atoms with Gasteiger partial charge in [0.25, 0.3) is 0 Å². The summed E-state index contributed by atoms with van der Waals surface area (Å²) >= 11 is 0. The molecular formula is C16H21N3O. The number of aliphatic hydroxyl groups is 1. The molecule has 0 saturated carbocycles. The van der Waals surface area contributed by atoms with Gasteiger partial charge in [-0.05, 0) is 48.6 Å². The zero-order chi connectivity index (χ0) is 14.3. The summed E-state index contributed by atoms with van der Waals surface area (Å²) in [6.07, 6.45) is 3.15. The van der Waals surface area contributed by atoms with Gasteiger partial charge in [-0.3, -0.25) is 4.68 Å². The minimum absolute atomic E-state index is 0.605. The summed E-state index contributed by atoms with van der Waals surface area (Å²) in [6, 6.07) is 7.91. The van der Waals surface area contributed by atoms with Crippen LogP contribution in [0, 0.1) is 0 Å². The molecule has 3 rings (SSSR count). The van der Waals surface area contributed by atoms with Crippen LogP contribution in [0.4, 0.5) is 5.69 Å². The van der Waals surface area contributed by atoms with Gasteiger partial charge in [0.1, 0.15) is 0 Å². The van der Waals surface area contributed by atoms with Gasteiger partial charge in [0.05, 0.1) is 11.3 Å². The fourth-order valence-electron chi connectivity index (χ4n) is 3.14. The molecule has 0 radical (unpaired) electrons. The van der Waals surface area contributed by atoms with E-state index in [1.165, 1.54) is 5.56 Å². The van der Waals surface area contributed by atoms with Crippen molar-refractivity contribution in [2.24, 2.45) is 7.05 Å². The SMILES string of the molecule is CCc1cc(CC2(O)CCc3cc(N)ccc32)n(C)n1. The highest BCUT2D eigenvalue weighted by Crippen LogP contribution is 2.40. The van der Waals surface area contributed by atoms with Crippen molar-refractivity contribution in [3.05, 3.63) is 46.8 Å². The van der Waals surface area contributed by atoms with Crippen molar-refractivity contribution in [2.75, 3.05) is 5.73 Å². The largest absolute Gasteiger partial charge is 0.399 e. The molecule has 2 aromatic rings. The Balaban J connectivity index is 1.93. The van der Waals surface area contributed by atoms with Crippen LogP contribution in [-0.2, 0) is 31.9 Å². The number of nitrogens with zero attached hydrogens (tertiary/aromatic N) is 2. The van der Waals surface area contributed by atoms with Crippen LogP contribution in [0.3, 0.4) is 0 Å². The monoisotopic (exact) mass is 271 g/mol. The molecular weight excluding hydrogens is 250 g/mol. The summed E-state index contributed by atoms with van der Waals surface area (Å²) in [5.74, 6) is 0. The lowest BCUT2D eigenvalue weighted by Crippen LogP contribution is -2.26. The molecule has 0 spiro atoms. The van der Waals surface area contributed by atoms with Crippen LogP contribution < -0.4 is 5.73 Å². The molecule has 0 fully saturated rings. The fourth-order valence-corrected chi connectivity index (χ4v) is 3.14. The molecule has 1 heterocycles. The van der Waals surface area contributed by atoms with Crippen LogP contribution in [-0.4, -0.2) is 14.9 Å². The summed E-state index contributed by atoms with van der Waals surface area (Å²) in [5, 5.41) is 15.5. The standard InChI is InChI=1S/C16H21N3O/c1-3-13-9-14(19(2)18-13)10-16(20)7-6-11-8-12(17)4-5-15(11)16/h4-5,8-9,20H,3,6-7,10,17H2,1-2H3. The molecule has 4 heteroatoms. The van der Waals surface area contributed by atoms with E-state index in [1.54, 1.807) is 0 Å². The molecule has 0 amide bonds.